The van der Waals surface area contributed by atoms with E-state index in [-0.39, 0.29) is 22.1 Å². The predicted molar refractivity (Wildman–Crippen MR) is 144 cm³/mol. The molecular weight excluding hydrogens is 472 g/mol. The van der Waals surface area contributed by atoms with Crippen molar-refractivity contribution < 1.29 is 17.0 Å². The van der Waals surface area contributed by atoms with Crippen LogP contribution in [0.1, 0.15) is 52.0 Å². The Morgan fingerprint density at radius 2 is 1.17 bits per heavy atom. The zero-order chi connectivity index (χ0) is 25.1. The van der Waals surface area contributed by atoms with E-state index in [1.165, 1.54) is 10.4 Å². The van der Waals surface area contributed by atoms with E-state index < -0.39 is 18.4 Å². The summed E-state index contributed by atoms with van der Waals surface area (Å²) in [6.07, 6.45) is 2.61. The number of hydrogen-bond acceptors (Lipinski definition) is 4. The molecule has 4 nitrogen and oxygen atoms in total. The van der Waals surface area contributed by atoms with E-state index in [2.05, 4.69) is 69.3 Å². The summed E-state index contributed by atoms with van der Waals surface area (Å²) in [5, 5.41) is 2.44. The lowest BCUT2D eigenvalue weighted by Crippen LogP contribution is -2.67. The molecule has 0 atom stereocenters. The van der Waals surface area contributed by atoms with E-state index in [9.17, 15) is 8.42 Å². The molecule has 3 aromatic rings. The van der Waals surface area contributed by atoms with E-state index in [1.807, 2.05) is 19.1 Å². The third-order valence-corrected chi connectivity index (χ3v) is 13.4. The Hall–Kier alpha value is -2.25. The molecule has 1 aliphatic carbocycles. The summed E-state index contributed by atoms with van der Waals surface area (Å²) in [4.78, 5) is 0.216. The van der Waals surface area contributed by atoms with Crippen molar-refractivity contribution in [3.63, 3.8) is 0 Å². The lowest BCUT2D eigenvalue weighted by molar-refractivity contribution is 0.0783. The molecule has 0 N–H and O–H groups in total. The molecule has 6 heteroatoms. The quantitative estimate of drug-likeness (QED) is 0.308. The van der Waals surface area contributed by atoms with Gasteiger partial charge in [0.05, 0.1) is 11.0 Å². The van der Waals surface area contributed by atoms with E-state index in [0.717, 1.165) is 18.4 Å². The van der Waals surface area contributed by atoms with Gasteiger partial charge < -0.3 is 4.43 Å². The summed E-state index contributed by atoms with van der Waals surface area (Å²) >= 11 is 0. The fraction of sp³-hybridized carbons (Fsp3) is 0.379. The third-order valence-electron chi connectivity index (χ3n) is 6.95. The summed E-state index contributed by atoms with van der Waals surface area (Å²) in [6.45, 7) is 8.77. The van der Waals surface area contributed by atoms with Crippen LogP contribution in [0.5, 0.6) is 0 Å². The van der Waals surface area contributed by atoms with Crippen LogP contribution in [0.15, 0.2) is 89.8 Å². The smallest absolute Gasteiger partial charge is 0.297 e. The summed E-state index contributed by atoms with van der Waals surface area (Å²) in [7, 11) is -6.39. The van der Waals surface area contributed by atoms with E-state index in [1.54, 1.807) is 24.3 Å². The second-order valence-corrected chi connectivity index (χ2v) is 16.4. The first kappa shape index (κ1) is 25.8. The summed E-state index contributed by atoms with van der Waals surface area (Å²) < 4.78 is 38.4. The molecule has 186 valence electrons. The van der Waals surface area contributed by atoms with Gasteiger partial charge in [-0.25, -0.2) is 0 Å². The molecule has 0 spiro atoms. The van der Waals surface area contributed by atoms with Crippen LogP contribution in [-0.4, -0.2) is 28.9 Å². The predicted octanol–water partition coefficient (Wildman–Crippen LogP) is 5.59. The summed E-state index contributed by atoms with van der Waals surface area (Å²) in [5.41, 5.74) is 1.02. The minimum absolute atomic E-state index is 0.0585. The van der Waals surface area contributed by atoms with Crippen LogP contribution in [0.2, 0.25) is 5.04 Å². The summed E-state index contributed by atoms with van der Waals surface area (Å²) in [5.74, 6) is 0. The van der Waals surface area contributed by atoms with Gasteiger partial charge in [0.1, 0.15) is 0 Å². The minimum atomic E-state index is -3.77. The minimum Gasteiger partial charge on any atom is -0.404 e. The molecule has 0 amide bonds. The number of aryl methyl sites for hydroxylation is 1. The van der Waals surface area contributed by atoms with Gasteiger partial charge in [-0.05, 0) is 60.2 Å². The zero-order valence-electron chi connectivity index (χ0n) is 21.1. The first-order valence-electron chi connectivity index (χ1n) is 12.4. The molecule has 35 heavy (non-hydrogen) atoms. The first-order valence-corrected chi connectivity index (χ1v) is 15.7. The maximum absolute atomic E-state index is 12.8. The monoisotopic (exact) mass is 508 g/mol. The number of rotatable bonds is 7. The molecule has 0 heterocycles. The molecule has 0 saturated heterocycles. The summed E-state index contributed by atoms with van der Waals surface area (Å²) in [6, 6.07) is 28.1. The van der Waals surface area contributed by atoms with E-state index >= 15 is 0 Å². The van der Waals surface area contributed by atoms with Gasteiger partial charge in [0, 0.05) is 6.10 Å². The van der Waals surface area contributed by atoms with Gasteiger partial charge >= 0.3 is 0 Å². The van der Waals surface area contributed by atoms with Crippen molar-refractivity contribution in [2.75, 3.05) is 0 Å². The SMILES string of the molecule is Cc1ccc(S(=O)(=O)O[C@H]2CC[C@H](O[Si](c3ccccc3)(c3ccccc3)C(C)(C)C)CC2)cc1. The Morgan fingerprint density at radius 3 is 1.63 bits per heavy atom. The molecule has 1 saturated carbocycles. The fourth-order valence-corrected chi connectivity index (χ4v) is 11.0. The Balaban J connectivity index is 1.54. The van der Waals surface area contributed by atoms with Crippen molar-refractivity contribution in [2.45, 2.75) is 75.5 Å². The molecule has 1 aliphatic rings. The van der Waals surface area contributed by atoms with Gasteiger partial charge in [-0.1, -0.05) is 99.1 Å². The van der Waals surface area contributed by atoms with Crippen molar-refractivity contribution in [1.82, 2.24) is 0 Å². The highest BCUT2D eigenvalue weighted by Gasteiger charge is 2.51. The van der Waals surface area contributed by atoms with Gasteiger partial charge in [-0.15, -0.1) is 0 Å². The topological polar surface area (TPSA) is 52.6 Å². The molecule has 0 bridgehead atoms. The van der Waals surface area contributed by atoms with E-state index in [0.29, 0.717) is 12.8 Å². The average molecular weight is 509 g/mol. The van der Waals surface area contributed by atoms with Crippen LogP contribution < -0.4 is 10.4 Å². The molecule has 0 aliphatic heterocycles. The van der Waals surface area contributed by atoms with Crippen molar-refractivity contribution in [3.05, 3.63) is 90.5 Å². The van der Waals surface area contributed by atoms with Crippen LogP contribution in [0.4, 0.5) is 0 Å². The number of benzene rings is 3. The van der Waals surface area contributed by atoms with Gasteiger partial charge in [-0.3, -0.25) is 4.18 Å². The molecule has 3 aromatic carbocycles. The largest absolute Gasteiger partial charge is 0.404 e. The van der Waals surface area contributed by atoms with Gasteiger partial charge in [0.2, 0.25) is 0 Å². The second kappa shape index (κ2) is 10.4. The van der Waals surface area contributed by atoms with Crippen LogP contribution in [-0.2, 0) is 18.7 Å². The van der Waals surface area contributed by atoms with Crippen LogP contribution in [0, 0.1) is 6.92 Å². The highest BCUT2D eigenvalue weighted by molar-refractivity contribution is 7.86. The molecular formula is C29H36O4SSi. The number of hydrogen-bond donors (Lipinski definition) is 0. The second-order valence-electron chi connectivity index (χ2n) is 10.5. The third kappa shape index (κ3) is 5.61. The standard InChI is InChI=1S/C29H36O4SSi/c1-23-15-21-26(22-16-23)34(30,31)32-24-17-19-25(20-18-24)33-35(29(2,3)4,27-11-7-5-8-12-27)28-13-9-6-10-14-28/h5-16,21-22,24-25H,17-20H2,1-4H3/t24-,25-. The maximum atomic E-state index is 12.8. The average Bonchev–Trinajstić information content (AvgIpc) is 2.84. The highest BCUT2D eigenvalue weighted by atomic mass is 32.2. The lowest BCUT2D eigenvalue weighted by atomic mass is 9.95. The maximum Gasteiger partial charge on any atom is 0.297 e. The Morgan fingerprint density at radius 1 is 0.714 bits per heavy atom. The zero-order valence-corrected chi connectivity index (χ0v) is 22.9. The van der Waals surface area contributed by atoms with Crippen molar-refractivity contribution in [3.8, 4) is 0 Å². The van der Waals surface area contributed by atoms with Gasteiger partial charge in [0.25, 0.3) is 18.4 Å². The van der Waals surface area contributed by atoms with E-state index in [4.69, 9.17) is 8.61 Å². The molecule has 0 aromatic heterocycles. The van der Waals surface area contributed by atoms with Crippen LogP contribution in [0.3, 0.4) is 0 Å². The Kier molecular flexibility index (Phi) is 7.67. The van der Waals surface area contributed by atoms with Crippen LogP contribution >= 0.6 is 0 Å². The molecule has 0 unspecified atom stereocenters. The van der Waals surface area contributed by atoms with Crippen molar-refractivity contribution in [1.29, 1.82) is 0 Å². The lowest BCUT2D eigenvalue weighted by Gasteiger charge is -2.46. The molecule has 1 fully saturated rings. The molecule has 4 rings (SSSR count). The van der Waals surface area contributed by atoms with Crippen LogP contribution in [0.25, 0.3) is 0 Å². The first-order chi connectivity index (χ1) is 16.6. The Labute approximate surface area is 211 Å². The Bertz CT molecular complexity index is 1160. The molecule has 0 radical (unpaired) electrons. The fourth-order valence-electron chi connectivity index (χ4n) is 5.13. The normalized spacial score (nSPS) is 19.4. The van der Waals surface area contributed by atoms with Crippen molar-refractivity contribution in [2.24, 2.45) is 0 Å². The van der Waals surface area contributed by atoms with Gasteiger partial charge in [0.15, 0.2) is 0 Å². The van der Waals surface area contributed by atoms with Crippen molar-refractivity contribution >= 4 is 28.8 Å². The highest BCUT2D eigenvalue weighted by Crippen LogP contribution is 2.39. The van der Waals surface area contributed by atoms with Gasteiger partial charge in [-0.2, -0.15) is 8.42 Å².